The summed E-state index contributed by atoms with van der Waals surface area (Å²) in [6, 6.07) is 2.16. The Hall–Kier alpha value is -0.160. The number of hydrogen-bond acceptors (Lipinski definition) is 3. The molecule has 0 amide bonds. The average molecular weight is 288 g/mol. The van der Waals surface area contributed by atoms with Crippen LogP contribution in [0.3, 0.4) is 0 Å². The van der Waals surface area contributed by atoms with Gasteiger partial charge in [-0.1, -0.05) is 6.08 Å². The quantitative estimate of drug-likeness (QED) is 0.860. The Morgan fingerprint density at radius 2 is 2.40 bits per heavy atom. The van der Waals surface area contributed by atoms with E-state index in [2.05, 4.69) is 38.8 Å². The summed E-state index contributed by atoms with van der Waals surface area (Å²) >= 11 is 5.23. The fraction of sp³-hybridized carbons (Fsp3) is 0.455. The summed E-state index contributed by atoms with van der Waals surface area (Å²) in [6.07, 6.45) is 3.34. The van der Waals surface area contributed by atoms with Crippen LogP contribution in [0.2, 0.25) is 0 Å². The molecule has 0 bridgehead atoms. The molecule has 0 aliphatic carbocycles. The van der Waals surface area contributed by atoms with E-state index in [1.807, 2.05) is 0 Å². The van der Waals surface area contributed by atoms with Crippen LogP contribution in [0.15, 0.2) is 27.6 Å². The predicted octanol–water partition coefficient (Wildman–Crippen LogP) is 2.95. The van der Waals surface area contributed by atoms with Crippen molar-refractivity contribution >= 4 is 27.3 Å². The second-order valence-electron chi connectivity index (χ2n) is 3.54. The molecule has 0 radical (unpaired) electrons. The standard InChI is InChI=1S/C11H14BrNOS/c12-10-4-11(15-8-10)6-13-5-9-2-1-3-14-7-9/h2,4,8,13H,1,3,5-7H2. The van der Waals surface area contributed by atoms with Gasteiger partial charge in [0.2, 0.25) is 0 Å². The molecule has 0 aromatic carbocycles. The van der Waals surface area contributed by atoms with Crippen molar-refractivity contribution in [1.82, 2.24) is 5.32 Å². The molecule has 0 spiro atoms. The summed E-state index contributed by atoms with van der Waals surface area (Å²) in [6.45, 7) is 3.55. The van der Waals surface area contributed by atoms with Gasteiger partial charge < -0.3 is 10.1 Å². The molecule has 2 heterocycles. The summed E-state index contributed by atoms with van der Waals surface area (Å²) in [7, 11) is 0. The Morgan fingerprint density at radius 1 is 1.47 bits per heavy atom. The topological polar surface area (TPSA) is 21.3 Å². The van der Waals surface area contributed by atoms with Gasteiger partial charge in [-0.25, -0.2) is 0 Å². The van der Waals surface area contributed by atoms with E-state index in [4.69, 9.17) is 4.74 Å². The first-order valence-electron chi connectivity index (χ1n) is 5.04. The molecule has 0 saturated carbocycles. The molecule has 15 heavy (non-hydrogen) atoms. The monoisotopic (exact) mass is 287 g/mol. The Kier molecular flexibility index (Phi) is 4.38. The largest absolute Gasteiger partial charge is 0.377 e. The third-order valence-corrected chi connectivity index (χ3v) is 3.95. The second kappa shape index (κ2) is 5.80. The minimum absolute atomic E-state index is 0.793. The van der Waals surface area contributed by atoms with Crippen molar-refractivity contribution in [1.29, 1.82) is 0 Å². The van der Waals surface area contributed by atoms with E-state index in [0.29, 0.717) is 0 Å². The normalized spacial score (nSPS) is 16.5. The van der Waals surface area contributed by atoms with Gasteiger partial charge in [0.25, 0.3) is 0 Å². The lowest BCUT2D eigenvalue weighted by Gasteiger charge is -2.13. The van der Waals surface area contributed by atoms with Crippen LogP contribution >= 0.6 is 27.3 Å². The number of rotatable bonds is 4. The van der Waals surface area contributed by atoms with Gasteiger partial charge in [-0.2, -0.15) is 0 Å². The van der Waals surface area contributed by atoms with Crippen LogP contribution in [0.1, 0.15) is 11.3 Å². The predicted molar refractivity (Wildman–Crippen MR) is 67.2 cm³/mol. The van der Waals surface area contributed by atoms with Gasteiger partial charge in [0.15, 0.2) is 0 Å². The Bertz CT molecular complexity index is 348. The third-order valence-electron chi connectivity index (χ3n) is 2.26. The lowest BCUT2D eigenvalue weighted by Crippen LogP contribution is -2.20. The lowest BCUT2D eigenvalue weighted by molar-refractivity contribution is 0.149. The molecular formula is C11H14BrNOS. The van der Waals surface area contributed by atoms with Crippen LogP contribution in [0.4, 0.5) is 0 Å². The summed E-state index contributed by atoms with van der Waals surface area (Å²) in [5.74, 6) is 0. The lowest BCUT2D eigenvalue weighted by atomic mass is 10.2. The molecule has 0 unspecified atom stereocenters. The summed E-state index contributed by atoms with van der Waals surface area (Å²) in [5.41, 5.74) is 1.37. The highest BCUT2D eigenvalue weighted by atomic mass is 79.9. The molecule has 2 nitrogen and oxygen atoms in total. The fourth-order valence-electron chi connectivity index (χ4n) is 1.52. The van der Waals surface area contributed by atoms with Gasteiger partial charge in [0.05, 0.1) is 13.2 Å². The van der Waals surface area contributed by atoms with Crippen molar-refractivity contribution in [2.24, 2.45) is 0 Å². The maximum absolute atomic E-state index is 5.38. The van der Waals surface area contributed by atoms with Crippen molar-refractivity contribution in [3.05, 3.63) is 32.4 Å². The molecule has 82 valence electrons. The smallest absolute Gasteiger partial charge is 0.0689 e. The van der Waals surface area contributed by atoms with Crippen LogP contribution in [-0.4, -0.2) is 19.8 Å². The number of hydrogen-bond donors (Lipinski definition) is 1. The minimum atomic E-state index is 0.793. The number of ether oxygens (including phenoxy) is 1. The zero-order chi connectivity index (χ0) is 10.5. The highest BCUT2D eigenvalue weighted by Gasteiger charge is 2.03. The van der Waals surface area contributed by atoms with E-state index in [1.54, 1.807) is 11.3 Å². The molecule has 0 fully saturated rings. The van der Waals surface area contributed by atoms with E-state index in [0.717, 1.165) is 32.7 Å². The molecule has 4 heteroatoms. The molecule has 1 aromatic rings. The van der Waals surface area contributed by atoms with Gasteiger partial charge in [-0.15, -0.1) is 11.3 Å². The second-order valence-corrected chi connectivity index (χ2v) is 5.45. The molecule has 0 atom stereocenters. The van der Waals surface area contributed by atoms with Gasteiger partial charge in [-0.3, -0.25) is 0 Å². The van der Waals surface area contributed by atoms with Gasteiger partial charge in [0.1, 0.15) is 0 Å². The van der Waals surface area contributed by atoms with Gasteiger partial charge in [0, 0.05) is 27.8 Å². The van der Waals surface area contributed by atoms with Gasteiger partial charge >= 0.3 is 0 Å². The van der Waals surface area contributed by atoms with Crippen LogP contribution in [0, 0.1) is 0 Å². The molecule has 1 aliphatic heterocycles. The van der Waals surface area contributed by atoms with Crippen molar-refractivity contribution in [3.8, 4) is 0 Å². The summed E-state index contributed by atoms with van der Waals surface area (Å²) in [4.78, 5) is 1.36. The zero-order valence-corrected chi connectivity index (χ0v) is 10.9. The van der Waals surface area contributed by atoms with E-state index in [9.17, 15) is 0 Å². The first-order valence-corrected chi connectivity index (χ1v) is 6.71. The van der Waals surface area contributed by atoms with Crippen LogP contribution in [-0.2, 0) is 11.3 Å². The van der Waals surface area contributed by atoms with Crippen molar-refractivity contribution < 1.29 is 4.74 Å². The summed E-state index contributed by atoms with van der Waals surface area (Å²) in [5, 5.41) is 5.54. The highest BCUT2D eigenvalue weighted by Crippen LogP contribution is 2.19. The molecule has 1 N–H and O–H groups in total. The third kappa shape index (κ3) is 3.72. The van der Waals surface area contributed by atoms with E-state index >= 15 is 0 Å². The highest BCUT2D eigenvalue weighted by molar-refractivity contribution is 9.10. The maximum atomic E-state index is 5.38. The van der Waals surface area contributed by atoms with E-state index in [-0.39, 0.29) is 0 Å². The van der Waals surface area contributed by atoms with E-state index in [1.165, 1.54) is 14.9 Å². The number of halogens is 1. The van der Waals surface area contributed by atoms with E-state index < -0.39 is 0 Å². The maximum Gasteiger partial charge on any atom is 0.0689 e. The van der Waals surface area contributed by atoms with Gasteiger partial charge in [-0.05, 0) is 34.0 Å². The molecule has 2 rings (SSSR count). The average Bonchev–Trinajstić information content (AvgIpc) is 2.66. The Balaban J connectivity index is 1.72. The SMILES string of the molecule is Brc1csc(CNCC2=CCCOC2)c1. The molecule has 0 saturated heterocycles. The van der Waals surface area contributed by atoms with Crippen molar-refractivity contribution in [2.75, 3.05) is 19.8 Å². The first-order chi connectivity index (χ1) is 7.34. The Morgan fingerprint density at radius 3 is 3.07 bits per heavy atom. The van der Waals surface area contributed by atoms with Crippen molar-refractivity contribution in [2.45, 2.75) is 13.0 Å². The minimum Gasteiger partial charge on any atom is -0.377 e. The van der Waals surface area contributed by atoms with Crippen molar-refractivity contribution in [3.63, 3.8) is 0 Å². The first kappa shape index (κ1) is 11.3. The van der Waals surface area contributed by atoms with Crippen LogP contribution in [0.5, 0.6) is 0 Å². The Labute approximate surface area is 102 Å². The number of thiophene rings is 1. The summed E-state index contributed by atoms with van der Waals surface area (Å²) < 4.78 is 6.55. The number of nitrogens with one attached hydrogen (secondary N) is 1. The molecular weight excluding hydrogens is 274 g/mol. The van der Waals surface area contributed by atoms with Crippen LogP contribution < -0.4 is 5.32 Å². The molecule has 1 aliphatic rings. The fourth-order valence-corrected chi connectivity index (χ4v) is 2.95. The molecule has 1 aromatic heterocycles. The van der Waals surface area contributed by atoms with Crippen LogP contribution in [0.25, 0.3) is 0 Å². The zero-order valence-electron chi connectivity index (χ0n) is 8.46.